The summed E-state index contributed by atoms with van der Waals surface area (Å²) in [6.07, 6.45) is 2.92. The smallest absolute Gasteiger partial charge is 0.213 e. The van der Waals surface area contributed by atoms with Gasteiger partial charge in [0.25, 0.3) is 0 Å². The van der Waals surface area contributed by atoms with Crippen LogP contribution in [0.2, 0.25) is 0 Å². The molecule has 2 rings (SSSR count). The molecule has 2 aromatic rings. The van der Waals surface area contributed by atoms with Gasteiger partial charge in [0.15, 0.2) is 0 Å². The van der Waals surface area contributed by atoms with E-state index in [4.69, 9.17) is 0 Å². The maximum absolute atomic E-state index is 13.5. The summed E-state index contributed by atoms with van der Waals surface area (Å²) >= 11 is 3.21. The zero-order valence-electron chi connectivity index (χ0n) is 8.45. The van der Waals surface area contributed by atoms with E-state index in [9.17, 15) is 9.18 Å². The highest BCUT2D eigenvalue weighted by molar-refractivity contribution is 9.10. The van der Waals surface area contributed by atoms with Gasteiger partial charge in [0.2, 0.25) is 5.78 Å². The Labute approximate surface area is 100 Å². The maximum atomic E-state index is 13.5. The minimum absolute atomic E-state index is 0.0398. The lowest BCUT2D eigenvalue weighted by Gasteiger charge is -2.03. The van der Waals surface area contributed by atoms with Gasteiger partial charge in [-0.15, -0.1) is 0 Å². The molecule has 0 aliphatic carbocycles. The van der Waals surface area contributed by atoms with Crippen molar-refractivity contribution in [3.05, 3.63) is 52.3 Å². The predicted octanol–water partition coefficient (Wildman–Crippen LogP) is 2.55. The highest BCUT2D eigenvalue weighted by atomic mass is 79.9. The number of hydrogen-bond donors (Lipinski definition) is 0. The van der Waals surface area contributed by atoms with E-state index in [-0.39, 0.29) is 11.3 Å². The number of rotatable bonds is 2. The first-order chi connectivity index (χ1) is 7.59. The number of nitrogens with zero attached hydrogens (tertiary/aromatic N) is 2. The molecule has 82 valence electrons. The zero-order valence-corrected chi connectivity index (χ0v) is 10.0. The molecule has 1 heterocycles. The average molecular weight is 283 g/mol. The molecule has 16 heavy (non-hydrogen) atoms. The largest absolute Gasteiger partial charge is 0.331 e. The molecule has 0 spiro atoms. The van der Waals surface area contributed by atoms with Crippen LogP contribution in [0.5, 0.6) is 0 Å². The first-order valence-corrected chi connectivity index (χ1v) is 5.35. The number of imidazole rings is 1. The number of carbonyl (C=O) groups is 1. The van der Waals surface area contributed by atoms with Crippen molar-refractivity contribution < 1.29 is 9.18 Å². The monoisotopic (exact) mass is 282 g/mol. The number of benzene rings is 1. The van der Waals surface area contributed by atoms with Gasteiger partial charge in [-0.25, -0.2) is 9.37 Å². The van der Waals surface area contributed by atoms with E-state index in [2.05, 4.69) is 20.9 Å². The van der Waals surface area contributed by atoms with Crippen LogP contribution in [0.3, 0.4) is 0 Å². The lowest BCUT2D eigenvalue weighted by Crippen LogP contribution is -2.08. The molecule has 0 saturated carbocycles. The maximum Gasteiger partial charge on any atom is 0.213 e. The minimum Gasteiger partial charge on any atom is -0.331 e. The highest BCUT2D eigenvalue weighted by Crippen LogP contribution is 2.18. The van der Waals surface area contributed by atoms with Crippen LogP contribution in [0.25, 0.3) is 0 Å². The molecular formula is C11H8BrFN2O. The summed E-state index contributed by atoms with van der Waals surface area (Å²) < 4.78 is 15.7. The molecule has 0 fully saturated rings. The third kappa shape index (κ3) is 1.90. The van der Waals surface area contributed by atoms with Crippen LogP contribution in [0.4, 0.5) is 4.39 Å². The van der Waals surface area contributed by atoms with Crippen molar-refractivity contribution in [1.82, 2.24) is 9.55 Å². The zero-order chi connectivity index (χ0) is 11.7. The number of aromatic nitrogens is 2. The first-order valence-electron chi connectivity index (χ1n) is 4.55. The fourth-order valence-electron chi connectivity index (χ4n) is 1.39. The van der Waals surface area contributed by atoms with Crippen molar-refractivity contribution >= 4 is 21.7 Å². The molecule has 0 amide bonds. The highest BCUT2D eigenvalue weighted by Gasteiger charge is 2.16. The first kappa shape index (κ1) is 11.0. The van der Waals surface area contributed by atoms with E-state index in [1.54, 1.807) is 17.7 Å². The quantitative estimate of drug-likeness (QED) is 0.794. The van der Waals surface area contributed by atoms with E-state index >= 15 is 0 Å². The molecule has 1 aromatic carbocycles. The Balaban J connectivity index is 2.49. The summed E-state index contributed by atoms with van der Waals surface area (Å²) in [6.45, 7) is 0. The van der Waals surface area contributed by atoms with Crippen LogP contribution in [-0.2, 0) is 7.05 Å². The van der Waals surface area contributed by atoms with Gasteiger partial charge in [-0.05, 0) is 18.2 Å². The van der Waals surface area contributed by atoms with E-state index in [0.717, 1.165) is 0 Å². The molecule has 0 bridgehead atoms. The summed E-state index contributed by atoms with van der Waals surface area (Å²) in [4.78, 5) is 15.8. The lowest BCUT2D eigenvalue weighted by atomic mass is 10.1. The van der Waals surface area contributed by atoms with Crippen LogP contribution >= 0.6 is 15.9 Å². The Hall–Kier alpha value is -1.49. The second-order valence-corrected chi connectivity index (χ2v) is 4.26. The number of carbonyl (C=O) groups excluding carboxylic acids is 1. The minimum atomic E-state index is -0.533. The summed E-state index contributed by atoms with van der Waals surface area (Å²) in [6, 6.07) is 4.27. The molecule has 5 heteroatoms. The Morgan fingerprint density at radius 1 is 1.50 bits per heavy atom. The predicted molar refractivity (Wildman–Crippen MR) is 60.7 cm³/mol. The third-order valence-electron chi connectivity index (χ3n) is 2.22. The van der Waals surface area contributed by atoms with Gasteiger partial charge in [0.05, 0.1) is 18.1 Å². The molecule has 0 radical (unpaired) electrons. The Kier molecular flexibility index (Phi) is 2.87. The molecule has 0 aliphatic heterocycles. The average Bonchev–Trinajstić information content (AvgIpc) is 2.67. The van der Waals surface area contributed by atoms with Crippen molar-refractivity contribution in [2.45, 2.75) is 0 Å². The Morgan fingerprint density at radius 2 is 2.25 bits per heavy atom. The van der Waals surface area contributed by atoms with Crippen LogP contribution in [0.15, 0.2) is 35.2 Å². The van der Waals surface area contributed by atoms with Gasteiger partial charge < -0.3 is 4.57 Å². The fraction of sp³-hybridized carbons (Fsp3) is 0.0909. The van der Waals surface area contributed by atoms with Crippen LogP contribution in [0, 0.1) is 5.82 Å². The Bertz CT molecular complexity index is 551. The number of ketones is 1. The van der Waals surface area contributed by atoms with E-state index in [1.165, 1.54) is 24.7 Å². The second kappa shape index (κ2) is 4.17. The van der Waals surface area contributed by atoms with Crippen molar-refractivity contribution in [3.8, 4) is 0 Å². The fourth-order valence-corrected chi connectivity index (χ4v) is 1.75. The molecule has 0 N–H and O–H groups in total. The number of aryl methyl sites for hydroxylation is 1. The number of hydrogen-bond acceptors (Lipinski definition) is 2. The molecule has 3 nitrogen and oxygen atoms in total. The van der Waals surface area contributed by atoms with Crippen molar-refractivity contribution in [1.29, 1.82) is 0 Å². The van der Waals surface area contributed by atoms with Crippen molar-refractivity contribution in [2.75, 3.05) is 0 Å². The SMILES string of the molecule is Cn1cncc1C(=O)c1cc(Br)ccc1F. The van der Waals surface area contributed by atoms with Gasteiger partial charge >= 0.3 is 0 Å². The summed E-state index contributed by atoms with van der Waals surface area (Å²) in [5.74, 6) is -0.909. The van der Waals surface area contributed by atoms with Gasteiger partial charge in [0.1, 0.15) is 11.5 Å². The van der Waals surface area contributed by atoms with Gasteiger partial charge in [0, 0.05) is 11.5 Å². The number of halogens is 2. The summed E-state index contributed by atoms with van der Waals surface area (Å²) in [7, 11) is 1.69. The van der Waals surface area contributed by atoms with Crippen molar-refractivity contribution in [2.24, 2.45) is 7.05 Å². The molecule has 0 aliphatic rings. The van der Waals surface area contributed by atoms with Crippen LogP contribution in [0.1, 0.15) is 16.1 Å². The molecule has 0 atom stereocenters. The molecule has 1 aromatic heterocycles. The van der Waals surface area contributed by atoms with E-state index in [1.807, 2.05) is 0 Å². The van der Waals surface area contributed by atoms with Gasteiger partial charge in [-0.1, -0.05) is 15.9 Å². The van der Waals surface area contributed by atoms with Gasteiger partial charge in [-0.3, -0.25) is 4.79 Å². The standard InChI is InChI=1S/C11H8BrFN2O/c1-15-6-14-5-10(15)11(16)8-4-7(12)2-3-9(8)13/h2-6H,1H3. The van der Waals surface area contributed by atoms with Crippen molar-refractivity contribution in [3.63, 3.8) is 0 Å². The lowest BCUT2D eigenvalue weighted by molar-refractivity contribution is 0.102. The molecule has 0 saturated heterocycles. The molecular weight excluding hydrogens is 275 g/mol. The van der Waals surface area contributed by atoms with Gasteiger partial charge in [-0.2, -0.15) is 0 Å². The van der Waals surface area contributed by atoms with E-state index < -0.39 is 5.82 Å². The molecule has 0 unspecified atom stereocenters. The Morgan fingerprint density at radius 3 is 2.88 bits per heavy atom. The van der Waals surface area contributed by atoms with E-state index in [0.29, 0.717) is 10.2 Å². The van der Waals surface area contributed by atoms with Crippen LogP contribution < -0.4 is 0 Å². The summed E-state index contributed by atoms with van der Waals surface area (Å²) in [5.41, 5.74) is 0.398. The topological polar surface area (TPSA) is 34.9 Å². The normalized spacial score (nSPS) is 10.4. The summed E-state index contributed by atoms with van der Waals surface area (Å²) in [5, 5.41) is 0. The second-order valence-electron chi connectivity index (χ2n) is 3.34. The third-order valence-corrected chi connectivity index (χ3v) is 2.72. The van der Waals surface area contributed by atoms with Crippen LogP contribution in [-0.4, -0.2) is 15.3 Å².